The highest BCUT2D eigenvalue weighted by molar-refractivity contribution is 5.76. The van der Waals surface area contributed by atoms with Gasteiger partial charge in [-0.2, -0.15) is 15.1 Å². The minimum Gasteiger partial charge on any atom is -0.383 e. The number of carbonyl (C=O) groups is 1. The largest absolute Gasteiger partial charge is 0.383 e. The van der Waals surface area contributed by atoms with Crippen LogP contribution in [0.3, 0.4) is 0 Å². The van der Waals surface area contributed by atoms with E-state index >= 15 is 0 Å². The molecular formula is C19H28N8O2. The standard InChI is InChI=1S/C19H28N8O2/c20-16-15-17(23-19(22-16)26-11-13-29-14-12-26)24-5-2-6-25(10-9-24)18(28)3-8-27-7-1-4-21-27/h1,4,7,15H,2-3,5-6,8-14H2,(H2,20,22,23). The highest BCUT2D eigenvalue weighted by Gasteiger charge is 2.22. The van der Waals surface area contributed by atoms with E-state index in [0.717, 1.165) is 45.0 Å². The third-order valence-corrected chi connectivity index (χ3v) is 5.30. The number of morpholine rings is 1. The molecule has 156 valence electrons. The van der Waals surface area contributed by atoms with Crippen molar-refractivity contribution in [1.82, 2.24) is 24.6 Å². The maximum atomic E-state index is 12.6. The first kappa shape index (κ1) is 19.4. The third-order valence-electron chi connectivity index (χ3n) is 5.30. The van der Waals surface area contributed by atoms with Crippen molar-refractivity contribution in [2.24, 2.45) is 0 Å². The van der Waals surface area contributed by atoms with E-state index in [1.807, 2.05) is 23.2 Å². The Hall–Kier alpha value is -2.88. The predicted octanol–water partition coefficient (Wildman–Crippen LogP) is 0.221. The van der Waals surface area contributed by atoms with Crippen molar-refractivity contribution in [3.8, 4) is 0 Å². The summed E-state index contributed by atoms with van der Waals surface area (Å²) in [4.78, 5) is 28.0. The normalized spacial score (nSPS) is 18.0. The van der Waals surface area contributed by atoms with Gasteiger partial charge >= 0.3 is 0 Å². The Balaban J connectivity index is 1.37. The van der Waals surface area contributed by atoms with Crippen LogP contribution >= 0.6 is 0 Å². The molecule has 4 heterocycles. The number of nitrogens with two attached hydrogens (primary N) is 1. The number of anilines is 3. The molecule has 1 amide bonds. The van der Waals surface area contributed by atoms with E-state index in [0.29, 0.717) is 44.5 Å². The van der Waals surface area contributed by atoms with E-state index in [1.54, 1.807) is 10.9 Å². The molecule has 2 N–H and O–H groups in total. The molecule has 29 heavy (non-hydrogen) atoms. The van der Waals surface area contributed by atoms with Crippen LogP contribution in [0.25, 0.3) is 0 Å². The summed E-state index contributed by atoms with van der Waals surface area (Å²) in [6, 6.07) is 3.69. The molecule has 4 rings (SSSR count). The molecular weight excluding hydrogens is 372 g/mol. The maximum absolute atomic E-state index is 12.6. The molecule has 2 fully saturated rings. The molecule has 0 atom stereocenters. The SMILES string of the molecule is Nc1cc(N2CCCN(C(=O)CCn3cccn3)CC2)nc(N2CCOCC2)n1. The number of ether oxygens (including phenoxy) is 1. The molecule has 2 aliphatic rings. The second-order valence-electron chi connectivity index (χ2n) is 7.29. The molecule has 0 bridgehead atoms. The van der Waals surface area contributed by atoms with Gasteiger partial charge in [-0.3, -0.25) is 9.48 Å². The van der Waals surface area contributed by atoms with Gasteiger partial charge in [-0.05, 0) is 12.5 Å². The fourth-order valence-electron chi connectivity index (χ4n) is 3.70. The maximum Gasteiger partial charge on any atom is 0.229 e. The topological polar surface area (TPSA) is 106 Å². The zero-order valence-electron chi connectivity index (χ0n) is 16.6. The van der Waals surface area contributed by atoms with Crippen LogP contribution in [-0.2, 0) is 16.1 Å². The summed E-state index contributed by atoms with van der Waals surface area (Å²) in [5.41, 5.74) is 6.06. The molecule has 10 heteroatoms. The van der Waals surface area contributed by atoms with Crippen LogP contribution in [-0.4, -0.2) is 83.0 Å². The van der Waals surface area contributed by atoms with Gasteiger partial charge in [-0.25, -0.2) is 0 Å². The minimum atomic E-state index is 0.165. The van der Waals surface area contributed by atoms with E-state index in [1.165, 1.54) is 0 Å². The van der Waals surface area contributed by atoms with Gasteiger partial charge in [0.05, 0.1) is 13.2 Å². The van der Waals surface area contributed by atoms with Crippen LogP contribution in [0, 0.1) is 0 Å². The van der Waals surface area contributed by atoms with Gasteiger partial charge in [-0.1, -0.05) is 0 Å². The highest BCUT2D eigenvalue weighted by Crippen LogP contribution is 2.21. The zero-order chi connectivity index (χ0) is 20.1. The lowest BCUT2D eigenvalue weighted by molar-refractivity contribution is -0.131. The van der Waals surface area contributed by atoms with E-state index in [4.69, 9.17) is 15.5 Å². The number of aromatic nitrogens is 4. The van der Waals surface area contributed by atoms with Crippen molar-refractivity contribution in [3.63, 3.8) is 0 Å². The molecule has 10 nitrogen and oxygen atoms in total. The fraction of sp³-hybridized carbons (Fsp3) is 0.579. The van der Waals surface area contributed by atoms with E-state index in [-0.39, 0.29) is 5.91 Å². The van der Waals surface area contributed by atoms with Gasteiger partial charge in [0.2, 0.25) is 11.9 Å². The lowest BCUT2D eigenvalue weighted by atomic mass is 10.3. The smallest absolute Gasteiger partial charge is 0.229 e. The van der Waals surface area contributed by atoms with Crippen molar-refractivity contribution in [2.45, 2.75) is 19.4 Å². The van der Waals surface area contributed by atoms with Crippen LogP contribution in [0.2, 0.25) is 0 Å². The monoisotopic (exact) mass is 400 g/mol. The Morgan fingerprint density at radius 3 is 2.72 bits per heavy atom. The van der Waals surface area contributed by atoms with Crippen LogP contribution < -0.4 is 15.5 Å². The number of hydrogen-bond acceptors (Lipinski definition) is 8. The molecule has 2 saturated heterocycles. The molecule has 0 spiro atoms. The lowest BCUT2D eigenvalue weighted by Gasteiger charge is -2.28. The molecule has 0 aliphatic carbocycles. The Morgan fingerprint density at radius 1 is 1.07 bits per heavy atom. The summed E-state index contributed by atoms with van der Waals surface area (Å²) in [5, 5.41) is 4.16. The summed E-state index contributed by atoms with van der Waals surface area (Å²) in [6.07, 6.45) is 4.96. The van der Waals surface area contributed by atoms with Crippen molar-refractivity contribution in [2.75, 3.05) is 68.0 Å². The number of carbonyl (C=O) groups excluding carboxylic acids is 1. The van der Waals surface area contributed by atoms with E-state index in [2.05, 4.69) is 19.9 Å². The number of rotatable bonds is 5. The highest BCUT2D eigenvalue weighted by atomic mass is 16.5. The predicted molar refractivity (Wildman–Crippen MR) is 110 cm³/mol. The van der Waals surface area contributed by atoms with Crippen LogP contribution in [0.4, 0.5) is 17.6 Å². The quantitative estimate of drug-likeness (QED) is 0.760. The van der Waals surface area contributed by atoms with Gasteiger partial charge < -0.3 is 25.2 Å². The van der Waals surface area contributed by atoms with Gasteiger partial charge in [-0.15, -0.1) is 0 Å². The Labute approximate surface area is 170 Å². The first-order valence-corrected chi connectivity index (χ1v) is 10.2. The second-order valence-corrected chi connectivity index (χ2v) is 7.29. The van der Waals surface area contributed by atoms with E-state index in [9.17, 15) is 4.79 Å². The number of aryl methyl sites for hydroxylation is 1. The molecule has 0 unspecified atom stereocenters. The average Bonchev–Trinajstić information content (AvgIpc) is 3.14. The molecule has 2 aliphatic heterocycles. The summed E-state index contributed by atoms with van der Waals surface area (Å²) in [6.45, 7) is 6.48. The Morgan fingerprint density at radius 2 is 1.93 bits per heavy atom. The zero-order valence-corrected chi connectivity index (χ0v) is 16.6. The number of nitrogen functional groups attached to an aromatic ring is 1. The summed E-state index contributed by atoms with van der Waals surface area (Å²) >= 11 is 0. The summed E-state index contributed by atoms with van der Waals surface area (Å²) in [5.74, 6) is 2.11. The molecule has 0 radical (unpaired) electrons. The fourth-order valence-corrected chi connectivity index (χ4v) is 3.70. The summed E-state index contributed by atoms with van der Waals surface area (Å²) < 4.78 is 7.20. The van der Waals surface area contributed by atoms with Crippen molar-refractivity contribution < 1.29 is 9.53 Å². The van der Waals surface area contributed by atoms with Gasteiger partial charge in [0.1, 0.15) is 11.6 Å². The average molecular weight is 400 g/mol. The van der Waals surface area contributed by atoms with Gasteiger partial charge in [0.25, 0.3) is 0 Å². The first-order chi connectivity index (χ1) is 14.2. The molecule has 0 saturated carbocycles. The third kappa shape index (κ3) is 4.94. The number of amides is 1. The van der Waals surface area contributed by atoms with Crippen LogP contribution in [0.5, 0.6) is 0 Å². The van der Waals surface area contributed by atoms with Crippen molar-refractivity contribution >= 4 is 23.5 Å². The van der Waals surface area contributed by atoms with Crippen molar-refractivity contribution in [1.29, 1.82) is 0 Å². The lowest BCUT2D eigenvalue weighted by Crippen LogP contribution is -2.38. The van der Waals surface area contributed by atoms with Gasteiger partial charge in [0, 0.05) is 70.7 Å². The second kappa shape index (κ2) is 9.08. The van der Waals surface area contributed by atoms with Gasteiger partial charge in [0.15, 0.2) is 0 Å². The number of nitrogens with zero attached hydrogens (tertiary/aromatic N) is 7. The number of hydrogen-bond donors (Lipinski definition) is 1. The molecule has 2 aromatic rings. The van der Waals surface area contributed by atoms with E-state index < -0.39 is 0 Å². The minimum absolute atomic E-state index is 0.165. The van der Waals surface area contributed by atoms with Crippen LogP contribution in [0.1, 0.15) is 12.8 Å². The van der Waals surface area contributed by atoms with Crippen molar-refractivity contribution in [3.05, 3.63) is 24.5 Å². The Kier molecular flexibility index (Phi) is 6.09. The van der Waals surface area contributed by atoms with Crippen LogP contribution in [0.15, 0.2) is 24.5 Å². The molecule has 2 aromatic heterocycles. The first-order valence-electron chi connectivity index (χ1n) is 10.2. The Bertz CT molecular complexity index is 807. The summed E-state index contributed by atoms with van der Waals surface area (Å²) in [7, 11) is 0. The molecule has 0 aromatic carbocycles.